The number of morpholine rings is 1. The van der Waals surface area contributed by atoms with Crippen molar-refractivity contribution in [3.8, 4) is 0 Å². The van der Waals surface area contributed by atoms with Crippen molar-refractivity contribution in [3.05, 3.63) is 36.1 Å². The lowest BCUT2D eigenvalue weighted by Crippen LogP contribution is -2.44. The van der Waals surface area contributed by atoms with Crippen LogP contribution in [0.5, 0.6) is 0 Å². The Hall–Kier alpha value is -2.01. The molecule has 5 nitrogen and oxygen atoms in total. The first-order valence-electron chi connectivity index (χ1n) is 6.93. The van der Waals surface area contributed by atoms with Gasteiger partial charge in [-0.05, 0) is 12.1 Å². The van der Waals surface area contributed by atoms with Gasteiger partial charge in [0, 0.05) is 31.4 Å². The molecular weight excluding hydrogens is 254 g/mol. The Morgan fingerprint density at radius 1 is 1.25 bits per heavy atom. The van der Waals surface area contributed by atoms with Crippen molar-refractivity contribution < 1.29 is 9.15 Å². The minimum absolute atomic E-state index is 0.601. The molecule has 2 N–H and O–H groups in total. The van der Waals surface area contributed by atoms with E-state index in [1.54, 1.807) is 0 Å². The maximum absolute atomic E-state index is 5.98. The number of nitrogens with two attached hydrogens (primary N) is 1. The summed E-state index contributed by atoms with van der Waals surface area (Å²) in [6, 6.07) is 10.1. The molecule has 0 radical (unpaired) electrons. The monoisotopic (exact) mass is 273 g/mol. The zero-order valence-electron chi connectivity index (χ0n) is 11.4. The summed E-state index contributed by atoms with van der Waals surface area (Å²) in [6.45, 7) is 3.72. The number of guanidine groups is 1. The van der Waals surface area contributed by atoms with E-state index in [2.05, 4.69) is 16.0 Å². The molecule has 1 aliphatic heterocycles. The van der Waals surface area contributed by atoms with Crippen LogP contribution in [0.25, 0.3) is 11.0 Å². The van der Waals surface area contributed by atoms with Crippen LogP contribution in [0.4, 0.5) is 0 Å². The zero-order valence-corrected chi connectivity index (χ0v) is 11.4. The molecule has 1 fully saturated rings. The molecule has 2 aromatic rings. The van der Waals surface area contributed by atoms with Crippen LogP contribution in [0, 0.1) is 0 Å². The topological polar surface area (TPSA) is 64.0 Å². The Bertz CT molecular complexity index is 567. The minimum Gasteiger partial charge on any atom is -0.461 e. The van der Waals surface area contributed by atoms with E-state index >= 15 is 0 Å². The first-order valence-corrected chi connectivity index (χ1v) is 6.93. The molecular formula is C15H19N3O2. The molecule has 1 aliphatic rings. The highest BCUT2D eigenvalue weighted by Gasteiger charge is 2.11. The fraction of sp³-hybridized carbons (Fsp3) is 0.400. The van der Waals surface area contributed by atoms with E-state index in [9.17, 15) is 0 Å². The van der Waals surface area contributed by atoms with Gasteiger partial charge in [0.25, 0.3) is 0 Å². The van der Waals surface area contributed by atoms with Crippen LogP contribution in [0.2, 0.25) is 0 Å². The number of ether oxygens (including phenoxy) is 1. The zero-order chi connectivity index (χ0) is 13.8. The number of fused-ring (bicyclic) bond motifs is 1. The highest BCUT2D eigenvalue weighted by molar-refractivity contribution is 5.78. The summed E-state index contributed by atoms with van der Waals surface area (Å²) in [6.07, 6.45) is 0.764. The fourth-order valence-corrected chi connectivity index (χ4v) is 2.33. The standard InChI is InChI=1S/C15H19N3O2/c16-15(18-7-9-19-10-8-18)17-6-5-13-11-12-3-1-2-4-14(12)20-13/h1-4,11H,5-10H2,(H2,16,17). The molecule has 0 spiro atoms. The Morgan fingerprint density at radius 3 is 2.85 bits per heavy atom. The number of para-hydroxylation sites is 1. The highest BCUT2D eigenvalue weighted by atomic mass is 16.5. The molecule has 0 unspecified atom stereocenters. The SMILES string of the molecule is NC(=NCCc1cc2ccccc2o1)N1CCOCC1. The third kappa shape index (κ3) is 2.93. The van der Waals surface area contributed by atoms with Crippen molar-refractivity contribution in [2.45, 2.75) is 6.42 Å². The van der Waals surface area contributed by atoms with Crippen LogP contribution >= 0.6 is 0 Å². The van der Waals surface area contributed by atoms with E-state index < -0.39 is 0 Å². The van der Waals surface area contributed by atoms with Gasteiger partial charge in [-0.1, -0.05) is 18.2 Å². The van der Waals surface area contributed by atoms with E-state index in [1.807, 2.05) is 24.3 Å². The molecule has 0 saturated carbocycles. The van der Waals surface area contributed by atoms with Crippen LogP contribution in [-0.4, -0.2) is 43.7 Å². The quantitative estimate of drug-likeness (QED) is 0.682. The van der Waals surface area contributed by atoms with Crippen molar-refractivity contribution in [2.24, 2.45) is 10.7 Å². The lowest BCUT2D eigenvalue weighted by Gasteiger charge is -2.27. The van der Waals surface area contributed by atoms with Gasteiger partial charge in [0.05, 0.1) is 13.2 Å². The molecule has 2 heterocycles. The summed E-state index contributed by atoms with van der Waals surface area (Å²) in [7, 11) is 0. The van der Waals surface area contributed by atoms with Crippen LogP contribution < -0.4 is 5.73 Å². The highest BCUT2D eigenvalue weighted by Crippen LogP contribution is 2.18. The van der Waals surface area contributed by atoms with Crippen molar-refractivity contribution in [1.29, 1.82) is 0 Å². The Kier molecular flexibility index (Phi) is 3.87. The average molecular weight is 273 g/mol. The Labute approximate surface area is 118 Å². The summed E-state index contributed by atoms with van der Waals surface area (Å²) in [5, 5.41) is 1.13. The van der Waals surface area contributed by atoms with E-state index in [1.165, 1.54) is 0 Å². The Morgan fingerprint density at radius 2 is 2.05 bits per heavy atom. The summed E-state index contributed by atoms with van der Waals surface area (Å²) < 4.78 is 11.0. The number of aliphatic imine (C=N–C) groups is 1. The van der Waals surface area contributed by atoms with E-state index in [0.717, 1.165) is 49.5 Å². The van der Waals surface area contributed by atoms with E-state index in [4.69, 9.17) is 14.9 Å². The number of furan rings is 1. The third-order valence-electron chi connectivity index (χ3n) is 3.44. The van der Waals surface area contributed by atoms with Gasteiger partial charge in [0.1, 0.15) is 11.3 Å². The fourth-order valence-electron chi connectivity index (χ4n) is 2.33. The second-order valence-corrected chi connectivity index (χ2v) is 4.84. The largest absolute Gasteiger partial charge is 0.461 e. The summed E-state index contributed by atoms with van der Waals surface area (Å²) in [4.78, 5) is 6.48. The average Bonchev–Trinajstić information content (AvgIpc) is 2.90. The predicted octanol–water partition coefficient (Wildman–Crippen LogP) is 1.62. The number of rotatable bonds is 3. The van der Waals surface area contributed by atoms with Crippen molar-refractivity contribution in [2.75, 3.05) is 32.8 Å². The summed E-state index contributed by atoms with van der Waals surface area (Å²) >= 11 is 0. The second kappa shape index (κ2) is 5.96. The first-order chi connectivity index (χ1) is 9.83. The molecule has 20 heavy (non-hydrogen) atoms. The molecule has 1 saturated heterocycles. The first kappa shape index (κ1) is 13.0. The summed E-state index contributed by atoms with van der Waals surface area (Å²) in [5.41, 5.74) is 6.90. The smallest absolute Gasteiger partial charge is 0.191 e. The number of benzene rings is 1. The van der Waals surface area contributed by atoms with Crippen LogP contribution in [0.1, 0.15) is 5.76 Å². The van der Waals surface area contributed by atoms with Gasteiger partial charge < -0.3 is 19.8 Å². The molecule has 0 atom stereocenters. The van der Waals surface area contributed by atoms with Gasteiger partial charge in [0.2, 0.25) is 0 Å². The van der Waals surface area contributed by atoms with Gasteiger partial charge >= 0.3 is 0 Å². The predicted molar refractivity (Wildman–Crippen MR) is 78.8 cm³/mol. The normalized spacial score (nSPS) is 16.8. The van der Waals surface area contributed by atoms with Gasteiger partial charge in [-0.25, -0.2) is 0 Å². The van der Waals surface area contributed by atoms with Gasteiger partial charge in [0.15, 0.2) is 5.96 Å². The van der Waals surface area contributed by atoms with Crippen LogP contribution in [-0.2, 0) is 11.2 Å². The maximum Gasteiger partial charge on any atom is 0.191 e. The number of hydrogen-bond donors (Lipinski definition) is 1. The number of hydrogen-bond acceptors (Lipinski definition) is 3. The second-order valence-electron chi connectivity index (χ2n) is 4.84. The third-order valence-corrected chi connectivity index (χ3v) is 3.44. The molecule has 106 valence electrons. The molecule has 0 amide bonds. The Balaban J connectivity index is 1.58. The van der Waals surface area contributed by atoms with E-state index in [-0.39, 0.29) is 0 Å². The molecule has 1 aromatic heterocycles. The van der Waals surface area contributed by atoms with Crippen molar-refractivity contribution in [3.63, 3.8) is 0 Å². The van der Waals surface area contributed by atoms with Crippen LogP contribution in [0.3, 0.4) is 0 Å². The summed E-state index contributed by atoms with van der Waals surface area (Å²) in [5.74, 6) is 1.55. The molecule has 1 aromatic carbocycles. The lowest BCUT2D eigenvalue weighted by molar-refractivity contribution is 0.0674. The van der Waals surface area contributed by atoms with Crippen molar-refractivity contribution in [1.82, 2.24) is 4.90 Å². The molecule has 5 heteroatoms. The van der Waals surface area contributed by atoms with Gasteiger partial charge in [-0.2, -0.15) is 0 Å². The van der Waals surface area contributed by atoms with E-state index in [0.29, 0.717) is 12.5 Å². The molecule has 0 bridgehead atoms. The maximum atomic E-state index is 5.98. The number of nitrogens with zero attached hydrogens (tertiary/aromatic N) is 2. The van der Waals surface area contributed by atoms with Gasteiger partial charge in [-0.3, -0.25) is 4.99 Å². The lowest BCUT2D eigenvalue weighted by atomic mass is 10.2. The minimum atomic E-state index is 0.601. The van der Waals surface area contributed by atoms with Crippen molar-refractivity contribution >= 4 is 16.9 Å². The molecule has 0 aliphatic carbocycles. The molecule has 3 rings (SSSR count). The van der Waals surface area contributed by atoms with Crippen LogP contribution in [0.15, 0.2) is 39.7 Å². The van der Waals surface area contributed by atoms with Gasteiger partial charge in [-0.15, -0.1) is 0 Å².